The SMILES string of the molecule is CCCn1c(COC(=O)C2(O)CCCCC2)nc2cc(S(=O)(=O)N3CCOCC3)ccc21. The number of hydrogen-bond donors (Lipinski definition) is 1. The van der Waals surface area contributed by atoms with E-state index in [-0.39, 0.29) is 11.5 Å². The van der Waals surface area contributed by atoms with Crippen LogP contribution in [0.25, 0.3) is 11.0 Å². The minimum atomic E-state index is -3.63. The molecule has 1 aromatic carbocycles. The van der Waals surface area contributed by atoms with Gasteiger partial charge in [-0.15, -0.1) is 0 Å². The first kappa shape index (κ1) is 23.2. The highest BCUT2D eigenvalue weighted by Gasteiger charge is 2.39. The summed E-state index contributed by atoms with van der Waals surface area (Å²) in [5.74, 6) is -0.0709. The van der Waals surface area contributed by atoms with Crippen molar-refractivity contribution in [2.75, 3.05) is 26.3 Å². The smallest absolute Gasteiger partial charge is 0.338 e. The van der Waals surface area contributed by atoms with Crippen LogP contribution in [0, 0.1) is 0 Å². The molecular formula is C22H31N3O6S. The van der Waals surface area contributed by atoms with E-state index >= 15 is 0 Å². The standard InChI is InChI=1S/C22H31N3O6S/c1-2-10-25-19-7-6-17(32(28,29)24-11-13-30-14-12-24)15-18(19)23-20(25)16-31-21(26)22(27)8-4-3-5-9-22/h6-7,15,27H,2-5,8-14,16H2,1H3. The highest BCUT2D eigenvalue weighted by Crippen LogP contribution is 2.30. The van der Waals surface area contributed by atoms with Gasteiger partial charge in [0, 0.05) is 19.6 Å². The van der Waals surface area contributed by atoms with Crippen molar-refractivity contribution >= 4 is 27.0 Å². The third-order valence-corrected chi connectivity index (χ3v) is 8.14. The van der Waals surface area contributed by atoms with Crippen LogP contribution >= 0.6 is 0 Å². The number of ether oxygens (including phenoxy) is 2. The second-order valence-electron chi connectivity index (χ2n) is 8.52. The highest BCUT2D eigenvalue weighted by atomic mass is 32.2. The first-order valence-electron chi connectivity index (χ1n) is 11.3. The van der Waals surface area contributed by atoms with Gasteiger partial charge in [0.05, 0.1) is 29.1 Å². The number of nitrogens with zero attached hydrogens (tertiary/aromatic N) is 3. The molecule has 4 rings (SSSR count). The Labute approximate surface area is 188 Å². The number of carbonyl (C=O) groups excluding carboxylic acids is 1. The summed E-state index contributed by atoms with van der Waals surface area (Å²) in [6, 6.07) is 4.93. The quantitative estimate of drug-likeness (QED) is 0.624. The van der Waals surface area contributed by atoms with Gasteiger partial charge in [0.15, 0.2) is 5.60 Å². The van der Waals surface area contributed by atoms with E-state index in [0.717, 1.165) is 31.2 Å². The summed E-state index contributed by atoms with van der Waals surface area (Å²) in [5.41, 5.74) is -0.0929. The molecular weight excluding hydrogens is 434 g/mol. The highest BCUT2D eigenvalue weighted by molar-refractivity contribution is 7.89. The molecule has 2 fully saturated rings. The molecule has 2 aliphatic rings. The minimum absolute atomic E-state index is 0.0681. The Morgan fingerprint density at radius 1 is 1.22 bits per heavy atom. The van der Waals surface area contributed by atoms with Gasteiger partial charge in [0.1, 0.15) is 12.4 Å². The number of benzene rings is 1. The molecule has 1 saturated carbocycles. The van der Waals surface area contributed by atoms with E-state index in [1.165, 1.54) is 4.31 Å². The van der Waals surface area contributed by atoms with Crippen LogP contribution in [0.5, 0.6) is 0 Å². The number of esters is 1. The molecule has 0 amide bonds. The summed E-state index contributed by atoms with van der Waals surface area (Å²) in [7, 11) is -3.63. The summed E-state index contributed by atoms with van der Waals surface area (Å²) in [4.78, 5) is 17.3. The fraction of sp³-hybridized carbons (Fsp3) is 0.636. The lowest BCUT2D eigenvalue weighted by atomic mass is 9.85. The molecule has 1 aliphatic carbocycles. The van der Waals surface area contributed by atoms with Gasteiger partial charge in [0.25, 0.3) is 0 Å². The average Bonchev–Trinajstić information content (AvgIpc) is 3.15. The zero-order chi connectivity index (χ0) is 22.8. The number of imidazole rings is 1. The van der Waals surface area contributed by atoms with E-state index in [2.05, 4.69) is 4.98 Å². The van der Waals surface area contributed by atoms with Crippen LogP contribution in [0.15, 0.2) is 23.1 Å². The van der Waals surface area contributed by atoms with E-state index in [1.54, 1.807) is 18.2 Å². The zero-order valence-corrected chi connectivity index (χ0v) is 19.3. The van der Waals surface area contributed by atoms with Crippen LogP contribution in [0.2, 0.25) is 0 Å². The Morgan fingerprint density at radius 2 is 1.94 bits per heavy atom. The van der Waals surface area contributed by atoms with Crippen molar-refractivity contribution in [3.8, 4) is 0 Å². The zero-order valence-electron chi connectivity index (χ0n) is 18.5. The molecule has 1 aromatic heterocycles. The van der Waals surface area contributed by atoms with Gasteiger partial charge >= 0.3 is 5.97 Å². The monoisotopic (exact) mass is 465 g/mol. The minimum Gasteiger partial charge on any atom is -0.455 e. The molecule has 10 heteroatoms. The lowest BCUT2D eigenvalue weighted by molar-refractivity contribution is -0.170. The van der Waals surface area contributed by atoms with Crippen molar-refractivity contribution in [3.05, 3.63) is 24.0 Å². The molecule has 2 aromatic rings. The van der Waals surface area contributed by atoms with Gasteiger partial charge < -0.3 is 19.1 Å². The number of aliphatic hydroxyl groups is 1. The van der Waals surface area contributed by atoms with E-state index in [1.807, 2.05) is 11.5 Å². The summed E-state index contributed by atoms with van der Waals surface area (Å²) in [6.07, 6.45) is 4.29. The molecule has 1 saturated heterocycles. The third-order valence-electron chi connectivity index (χ3n) is 6.25. The number of carbonyl (C=O) groups is 1. The van der Waals surface area contributed by atoms with E-state index < -0.39 is 21.6 Å². The van der Waals surface area contributed by atoms with Crippen LogP contribution in [-0.2, 0) is 37.4 Å². The largest absolute Gasteiger partial charge is 0.455 e. The summed E-state index contributed by atoms with van der Waals surface area (Å²) >= 11 is 0. The Bertz CT molecular complexity index is 1070. The number of aryl methyl sites for hydroxylation is 1. The first-order chi connectivity index (χ1) is 15.3. The number of aromatic nitrogens is 2. The van der Waals surface area contributed by atoms with Crippen molar-refractivity contribution in [1.82, 2.24) is 13.9 Å². The molecule has 0 bridgehead atoms. The molecule has 32 heavy (non-hydrogen) atoms. The molecule has 0 atom stereocenters. The average molecular weight is 466 g/mol. The predicted molar refractivity (Wildman–Crippen MR) is 117 cm³/mol. The van der Waals surface area contributed by atoms with E-state index in [4.69, 9.17) is 9.47 Å². The fourth-order valence-electron chi connectivity index (χ4n) is 4.44. The Morgan fingerprint density at radius 3 is 2.62 bits per heavy atom. The van der Waals surface area contributed by atoms with Gasteiger partial charge in [-0.25, -0.2) is 18.2 Å². The number of hydrogen-bond acceptors (Lipinski definition) is 7. The number of morpholine rings is 1. The van der Waals surface area contributed by atoms with Gasteiger partial charge in [-0.05, 0) is 50.3 Å². The van der Waals surface area contributed by atoms with Crippen LogP contribution in [-0.4, -0.2) is 65.3 Å². The van der Waals surface area contributed by atoms with Crippen molar-refractivity contribution in [2.24, 2.45) is 0 Å². The molecule has 0 radical (unpaired) electrons. The number of rotatable bonds is 7. The van der Waals surface area contributed by atoms with E-state index in [9.17, 15) is 18.3 Å². The van der Waals surface area contributed by atoms with Crippen molar-refractivity contribution in [1.29, 1.82) is 0 Å². The molecule has 9 nitrogen and oxygen atoms in total. The van der Waals surface area contributed by atoms with Crippen molar-refractivity contribution < 1.29 is 27.8 Å². The fourth-order valence-corrected chi connectivity index (χ4v) is 5.87. The molecule has 2 heterocycles. The lowest BCUT2D eigenvalue weighted by Gasteiger charge is -2.29. The molecule has 0 unspecified atom stereocenters. The summed E-state index contributed by atoms with van der Waals surface area (Å²) in [5, 5.41) is 10.6. The van der Waals surface area contributed by atoms with Crippen LogP contribution in [0.1, 0.15) is 51.3 Å². The Hall–Kier alpha value is -2.01. The van der Waals surface area contributed by atoms with Gasteiger partial charge in [-0.2, -0.15) is 4.31 Å². The first-order valence-corrected chi connectivity index (χ1v) is 12.8. The van der Waals surface area contributed by atoms with Crippen molar-refractivity contribution in [3.63, 3.8) is 0 Å². The second kappa shape index (κ2) is 9.46. The molecule has 1 N–H and O–H groups in total. The Kier molecular flexibility index (Phi) is 6.85. The molecule has 0 spiro atoms. The lowest BCUT2D eigenvalue weighted by Crippen LogP contribution is -2.41. The predicted octanol–water partition coefficient (Wildman–Crippen LogP) is 2.21. The number of sulfonamides is 1. The van der Waals surface area contributed by atoms with Gasteiger partial charge in [-0.1, -0.05) is 13.3 Å². The number of fused-ring (bicyclic) bond motifs is 1. The maximum Gasteiger partial charge on any atom is 0.338 e. The third kappa shape index (κ3) is 4.54. The van der Waals surface area contributed by atoms with Crippen LogP contribution in [0.4, 0.5) is 0 Å². The van der Waals surface area contributed by atoms with E-state index in [0.29, 0.717) is 57.0 Å². The molecule has 176 valence electrons. The normalized spacial score (nSPS) is 19.8. The Balaban J connectivity index is 1.58. The maximum absolute atomic E-state index is 13.0. The summed E-state index contributed by atoms with van der Waals surface area (Å²) < 4.78 is 40.1. The maximum atomic E-state index is 13.0. The van der Waals surface area contributed by atoms with Crippen LogP contribution < -0.4 is 0 Å². The topological polar surface area (TPSA) is 111 Å². The van der Waals surface area contributed by atoms with Crippen molar-refractivity contribution in [2.45, 2.75) is 69.1 Å². The van der Waals surface area contributed by atoms with Gasteiger partial charge in [0.2, 0.25) is 10.0 Å². The molecule has 1 aliphatic heterocycles. The van der Waals surface area contributed by atoms with Crippen LogP contribution in [0.3, 0.4) is 0 Å². The second-order valence-corrected chi connectivity index (χ2v) is 10.5. The van der Waals surface area contributed by atoms with Gasteiger partial charge in [-0.3, -0.25) is 0 Å². The summed E-state index contributed by atoms with van der Waals surface area (Å²) in [6.45, 7) is 4.04.